The molecule has 32 heavy (non-hydrogen) atoms. The Hall–Kier alpha value is -3.15. The summed E-state index contributed by atoms with van der Waals surface area (Å²) in [7, 11) is 0. The van der Waals surface area contributed by atoms with E-state index in [2.05, 4.69) is 0 Å². The molecule has 1 heterocycles. The molecule has 2 amide bonds. The zero-order valence-electron chi connectivity index (χ0n) is 18.6. The second-order valence-corrected chi connectivity index (χ2v) is 9.00. The maximum Gasteiger partial charge on any atom is 0.303 e. The number of para-hydroxylation sites is 1. The van der Waals surface area contributed by atoms with Gasteiger partial charge in [-0.1, -0.05) is 42.8 Å². The van der Waals surface area contributed by atoms with Crippen LogP contribution in [0.4, 0.5) is 5.69 Å². The van der Waals surface area contributed by atoms with Gasteiger partial charge in [0.2, 0.25) is 5.91 Å². The van der Waals surface area contributed by atoms with Gasteiger partial charge in [-0.15, -0.1) is 0 Å². The molecule has 1 fully saturated rings. The Labute approximate surface area is 188 Å². The lowest BCUT2D eigenvalue weighted by molar-refractivity contribution is -0.143. The van der Waals surface area contributed by atoms with Crippen molar-refractivity contribution in [2.45, 2.75) is 64.1 Å². The highest BCUT2D eigenvalue weighted by Crippen LogP contribution is 2.51. The van der Waals surface area contributed by atoms with Crippen molar-refractivity contribution in [1.29, 1.82) is 0 Å². The molecule has 4 rings (SSSR count). The van der Waals surface area contributed by atoms with Crippen molar-refractivity contribution in [2.75, 3.05) is 4.90 Å². The van der Waals surface area contributed by atoms with E-state index < -0.39 is 5.97 Å². The summed E-state index contributed by atoms with van der Waals surface area (Å²) < 4.78 is 0. The number of carboxylic acid groups (broad SMARTS) is 1. The van der Waals surface area contributed by atoms with E-state index in [1.165, 1.54) is 0 Å². The maximum absolute atomic E-state index is 13.6. The fourth-order valence-corrected chi connectivity index (χ4v) is 5.47. The van der Waals surface area contributed by atoms with Crippen molar-refractivity contribution in [2.24, 2.45) is 5.92 Å². The summed E-state index contributed by atoms with van der Waals surface area (Å²) in [5.74, 6) is -1.00. The first-order valence-electron chi connectivity index (χ1n) is 11.4. The van der Waals surface area contributed by atoms with Crippen LogP contribution in [0.2, 0.25) is 0 Å². The topological polar surface area (TPSA) is 77.9 Å². The zero-order chi connectivity index (χ0) is 22.8. The van der Waals surface area contributed by atoms with Gasteiger partial charge in [0.05, 0.1) is 12.5 Å². The summed E-state index contributed by atoms with van der Waals surface area (Å²) in [4.78, 5) is 41.7. The van der Waals surface area contributed by atoms with Gasteiger partial charge in [-0.25, -0.2) is 0 Å². The van der Waals surface area contributed by atoms with Crippen LogP contribution in [0.1, 0.15) is 67.9 Å². The second kappa shape index (κ2) is 9.15. The fourth-order valence-electron chi connectivity index (χ4n) is 5.47. The molecule has 2 aliphatic rings. The van der Waals surface area contributed by atoms with Gasteiger partial charge in [-0.05, 0) is 50.5 Å². The largest absolute Gasteiger partial charge is 0.481 e. The predicted octanol–water partition coefficient (Wildman–Crippen LogP) is 4.66. The molecule has 0 saturated heterocycles. The summed E-state index contributed by atoms with van der Waals surface area (Å²) in [6, 6.07) is 17.0. The molecule has 168 valence electrons. The number of nitrogens with zero attached hydrogens (tertiary/aromatic N) is 2. The molecule has 3 atom stereocenters. The summed E-state index contributed by atoms with van der Waals surface area (Å²) in [6.45, 7) is 3.96. The van der Waals surface area contributed by atoms with E-state index in [4.69, 9.17) is 5.11 Å². The Morgan fingerprint density at radius 2 is 1.69 bits per heavy atom. The minimum absolute atomic E-state index is 0.0103. The van der Waals surface area contributed by atoms with E-state index in [-0.39, 0.29) is 48.7 Å². The molecular formula is C26H30N2O4. The maximum atomic E-state index is 13.6. The van der Waals surface area contributed by atoms with Gasteiger partial charge < -0.3 is 14.9 Å². The van der Waals surface area contributed by atoms with E-state index in [0.29, 0.717) is 5.56 Å². The summed E-state index contributed by atoms with van der Waals surface area (Å²) in [5.41, 5.74) is 2.48. The Morgan fingerprint density at radius 3 is 2.38 bits per heavy atom. The number of hydrogen-bond donors (Lipinski definition) is 1. The smallest absolute Gasteiger partial charge is 0.303 e. The van der Waals surface area contributed by atoms with Gasteiger partial charge in [0, 0.05) is 35.7 Å². The molecule has 0 radical (unpaired) electrons. The predicted molar refractivity (Wildman–Crippen MR) is 122 cm³/mol. The molecule has 1 N–H and O–H groups in total. The van der Waals surface area contributed by atoms with E-state index in [0.717, 1.165) is 30.5 Å². The number of amides is 2. The number of carbonyl (C=O) groups is 3. The van der Waals surface area contributed by atoms with E-state index in [9.17, 15) is 14.4 Å². The van der Waals surface area contributed by atoms with E-state index in [1.807, 2.05) is 78.2 Å². The Morgan fingerprint density at radius 1 is 1.00 bits per heavy atom. The van der Waals surface area contributed by atoms with Crippen LogP contribution in [0.3, 0.4) is 0 Å². The van der Waals surface area contributed by atoms with Gasteiger partial charge >= 0.3 is 5.97 Å². The molecule has 6 nitrogen and oxygen atoms in total. The SMILES string of the molecule is CC(C)N(C(=O)CCC(=O)O)[C@H]1c2ccccc2N(C(=O)c2ccccc2)[C@@H]2CCC[C@@H]21. The molecule has 0 unspecified atom stereocenters. The van der Waals surface area contributed by atoms with Crippen LogP contribution in [0.5, 0.6) is 0 Å². The number of fused-ring (bicyclic) bond motifs is 2. The van der Waals surface area contributed by atoms with E-state index >= 15 is 0 Å². The number of hydrogen-bond acceptors (Lipinski definition) is 3. The molecule has 1 aliphatic heterocycles. The highest BCUT2D eigenvalue weighted by molar-refractivity contribution is 6.07. The summed E-state index contributed by atoms with van der Waals surface area (Å²) >= 11 is 0. The molecule has 2 aromatic rings. The van der Waals surface area contributed by atoms with Gasteiger partial charge in [0.15, 0.2) is 0 Å². The summed E-state index contributed by atoms with van der Waals surface area (Å²) in [6.07, 6.45) is 2.62. The first-order chi connectivity index (χ1) is 15.4. The van der Waals surface area contributed by atoms with Crippen molar-refractivity contribution in [3.05, 3.63) is 65.7 Å². The molecule has 0 aromatic heterocycles. The van der Waals surface area contributed by atoms with Crippen LogP contribution >= 0.6 is 0 Å². The van der Waals surface area contributed by atoms with Crippen LogP contribution < -0.4 is 4.90 Å². The molecule has 6 heteroatoms. The van der Waals surface area contributed by atoms with Crippen LogP contribution in [0.15, 0.2) is 54.6 Å². The third kappa shape index (κ3) is 4.01. The molecule has 1 saturated carbocycles. The van der Waals surface area contributed by atoms with Crippen molar-refractivity contribution < 1.29 is 19.5 Å². The molecular weight excluding hydrogens is 404 g/mol. The zero-order valence-corrected chi connectivity index (χ0v) is 18.6. The molecule has 2 aromatic carbocycles. The number of rotatable bonds is 6. The monoisotopic (exact) mass is 434 g/mol. The third-order valence-corrected chi connectivity index (χ3v) is 6.72. The first kappa shape index (κ1) is 22.1. The van der Waals surface area contributed by atoms with Crippen molar-refractivity contribution in [3.8, 4) is 0 Å². The van der Waals surface area contributed by atoms with Crippen LogP contribution in [-0.2, 0) is 9.59 Å². The quantitative estimate of drug-likeness (QED) is 0.717. The minimum Gasteiger partial charge on any atom is -0.481 e. The Bertz CT molecular complexity index is 1000. The number of anilines is 1. The van der Waals surface area contributed by atoms with Crippen LogP contribution in [0, 0.1) is 5.92 Å². The molecule has 1 aliphatic carbocycles. The number of benzene rings is 2. The second-order valence-electron chi connectivity index (χ2n) is 9.00. The third-order valence-electron chi connectivity index (χ3n) is 6.72. The Balaban J connectivity index is 1.78. The Kier molecular flexibility index (Phi) is 6.31. The van der Waals surface area contributed by atoms with Crippen LogP contribution in [0.25, 0.3) is 0 Å². The number of carbonyl (C=O) groups excluding carboxylic acids is 2. The van der Waals surface area contributed by atoms with E-state index in [1.54, 1.807) is 0 Å². The molecule has 0 bridgehead atoms. The minimum atomic E-state index is -0.968. The van der Waals surface area contributed by atoms with Crippen molar-refractivity contribution in [1.82, 2.24) is 4.90 Å². The van der Waals surface area contributed by atoms with Gasteiger partial charge in [-0.2, -0.15) is 0 Å². The lowest BCUT2D eigenvalue weighted by Gasteiger charge is -2.48. The van der Waals surface area contributed by atoms with Gasteiger partial charge in [-0.3, -0.25) is 14.4 Å². The standard InChI is InChI=1S/C26H30N2O4/c1-17(2)27(23(29)15-16-24(30)31)25-19-11-6-7-13-21(19)28(22-14-8-12-20(22)25)26(32)18-9-4-3-5-10-18/h3-7,9-11,13,17,20,22,25H,8,12,14-16H2,1-2H3,(H,30,31)/t20-,22+,25-/m0/s1. The number of carboxylic acids is 1. The lowest BCUT2D eigenvalue weighted by atomic mass is 9.80. The highest BCUT2D eigenvalue weighted by atomic mass is 16.4. The van der Waals surface area contributed by atoms with Crippen LogP contribution in [-0.4, -0.2) is 39.9 Å². The van der Waals surface area contributed by atoms with Gasteiger partial charge in [0.25, 0.3) is 5.91 Å². The average Bonchev–Trinajstić information content (AvgIpc) is 3.26. The fraction of sp³-hybridized carbons (Fsp3) is 0.423. The molecule has 0 spiro atoms. The highest BCUT2D eigenvalue weighted by Gasteiger charge is 2.49. The van der Waals surface area contributed by atoms with Crippen molar-refractivity contribution in [3.63, 3.8) is 0 Å². The summed E-state index contributed by atoms with van der Waals surface area (Å²) in [5, 5.41) is 9.09. The van der Waals surface area contributed by atoms with Gasteiger partial charge in [0.1, 0.15) is 0 Å². The average molecular weight is 435 g/mol. The van der Waals surface area contributed by atoms with Crippen molar-refractivity contribution >= 4 is 23.5 Å². The first-order valence-corrected chi connectivity index (χ1v) is 11.4. The number of aliphatic carboxylic acids is 1. The normalized spacial score (nSPS) is 21.7. The lowest BCUT2D eigenvalue weighted by Crippen LogP contribution is -2.53.